The molecule has 0 bridgehead atoms. The predicted octanol–water partition coefficient (Wildman–Crippen LogP) is 2.56. The molecule has 2 heterocycles. The van der Waals surface area contributed by atoms with Crippen molar-refractivity contribution in [3.63, 3.8) is 0 Å². The fraction of sp³-hybridized carbons (Fsp3) is 0.450. The van der Waals surface area contributed by atoms with Crippen LogP contribution in [0.15, 0.2) is 39.6 Å². The Morgan fingerprint density at radius 2 is 1.97 bits per heavy atom. The second-order valence-corrected chi connectivity index (χ2v) is 9.25. The third-order valence-corrected chi connectivity index (χ3v) is 6.89. The van der Waals surface area contributed by atoms with Crippen LogP contribution >= 0.6 is 0 Å². The van der Waals surface area contributed by atoms with E-state index in [-0.39, 0.29) is 35.3 Å². The molecule has 1 aromatic heterocycles. The number of nitrogens with zero attached hydrogens (tertiary/aromatic N) is 1. The van der Waals surface area contributed by atoms with Crippen molar-refractivity contribution in [1.82, 2.24) is 9.62 Å². The average molecular weight is 476 g/mol. The van der Waals surface area contributed by atoms with Crippen molar-refractivity contribution in [3.05, 3.63) is 47.4 Å². The van der Waals surface area contributed by atoms with E-state index in [1.807, 2.05) is 0 Å². The van der Waals surface area contributed by atoms with Crippen LogP contribution in [0.3, 0.4) is 0 Å². The molecule has 1 atom stereocenters. The Morgan fingerprint density at radius 1 is 1.28 bits per heavy atom. The van der Waals surface area contributed by atoms with Gasteiger partial charge in [-0.1, -0.05) is 6.07 Å². The summed E-state index contributed by atoms with van der Waals surface area (Å²) >= 11 is 0. The van der Waals surface area contributed by atoms with E-state index >= 15 is 0 Å². The van der Waals surface area contributed by atoms with Gasteiger partial charge in [0.25, 0.3) is 5.91 Å². The van der Waals surface area contributed by atoms with Crippen molar-refractivity contribution < 1.29 is 40.6 Å². The fourth-order valence-corrected chi connectivity index (χ4v) is 4.89. The summed E-state index contributed by atoms with van der Waals surface area (Å²) in [6, 6.07) is 5.34. The molecular weight excluding hydrogens is 453 g/mol. The molecule has 1 aliphatic rings. The van der Waals surface area contributed by atoms with E-state index in [1.165, 1.54) is 23.4 Å². The van der Waals surface area contributed by atoms with E-state index in [2.05, 4.69) is 5.32 Å². The molecule has 1 saturated heterocycles. The normalized spacial score (nSPS) is 16.2. The van der Waals surface area contributed by atoms with Crippen molar-refractivity contribution in [1.29, 1.82) is 0 Å². The number of ether oxygens (including phenoxy) is 1. The van der Waals surface area contributed by atoms with E-state index in [0.717, 1.165) is 31.0 Å². The maximum absolute atomic E-state index is 12.7. The van der Waals surface area contributed by atoms with Crippen LogP contribution in [-0.2, 0) is 16.2 Å². The fourth-order valence-electron chi connectivity index (χ4n) is 3.21. The van der Waals surface area contributed by atoms with E-state index in [9.17, 15) is 31.5 Å². The molecule has 0 aliphatic carbocycles. The Hall–Kier alpha value is -2.57. The first kappa shape index (κ1) is 24.1. The monoisotopic (exact) mass is 476 g/mol. The smallest absolute Gasteiger partial charge is 0.416 e. The number of rotatable bonds is 8. The van der Waals surface area contributed by atoms with E-state index in [1.54, 1.807) is 0 Å². The molecule has 3 rings (SSSR count). The van der Waals surface area contributed by atoms with Crippen molar-refractivity contribution in [2.75, 3.05) is 26.2 Å². The zero-order valence-electron chi connectivity index (χ0n) is 17.2. The number of aryl methyl sites for hydroxylation is 1. The highest BCUT2D eigenvalue weighted by molar-refractivity contribution is 7.89. The summed E-state index contributed by atoms with van der Waals surface area (Å²) in [5.74, 6) is -0.973. The highest BCUT2D eigenvalue weighted by atomic mass is 32.2. The van der Waals surface area contributed by atoms with Crippen LogP contribution in [0.2, 0.25) is 0 Å². The maximum atomic E-state index is 12.7. The maximum Gasteiger partial charge on any atom is 0.416 e. The van der Waals surface area contributed by atoms with Gasteiger partial charge in [-0.3, -0.25) is 4.79 Å². The van der Waals surface area contributed by atoms with Crippen molar-refractivity contribution in [2.24, 2.45) is 0 Å². The summed E-state index contributed by atoms with van der Waals surface area (Å²) in [5, 5.41) is 12.4. The lowest BCUT2D eigenvalue weighted by molar-refractivity contribution is -0.137. The number of carbonyl (C=O) groups excluding carboxylic acids is 1. The quantitative estimate of drug-likeness (QED) is 0.606. The number of amides is 1. The first-order valence-corrected chi connectivity index (χ1v) is 11.3. The summed E-state index contributed by atoms with van der Waals surface area (Å²) in [6.07, 6.45) is -4.21. The zero-order valence-corrected chi connectivity index (χ0v) is 18.0. The van der Waals surface area contributed by atoms with Gasteiger partial charge in [-0.25, -0.2) is 8.42 Å². The molecule has 2 N–H and O–H groups in total. The van der Waals surface area contributed by atoms with Gasteiger partial charge in [-0.05, 0) is 38.0 Å². The molecule has 1 amide bonds. The predicted molar refractivity (Wildman–Crippen MR) is 107 cm³/mol. The van der Waals surface area contributed by atoms with Crippen molar-refractivity contribution >= 4 is 15.9 Å². The number of sulfonamides is 1. The van der Waals surface area contributed by atoms with Crippen LogP contribution < -0.4 is 10.1 Å². The molecule has 0 radical (unpaired) electrons. The summed E-state index contributed by atoms with van der Waals surface area (Å²) in [7, 11) is -3.76. The lowest BCUT2D eigenvalue weighted by Gasteiger charge is -2.14. The number of hydrogen-bond donors (Lipinski definition) is 2. The van der Waals surface area contributed by atoms with Gasteiger partial charge in [0.2, 0.25) is 10.0 Å². The van der Waals surface area contributed by atoms with Gasteiger partial charge in [-0.15, -0.1) is 0 Å². The Labute approximate surface area is 183 Å². The van der Waals surface area contributed by atoms with Gasteiger partial charge in [0.1, 0.15) is 29.1 Å². The second-order valence-electron chi connectivity index (χ2n) is 7.34. The lowest BCUT2D eigenvalue weighted by atomic mass is 10.2. The summed E-state index contributed by atoms with van der Waals surface area (Å²) in [5.41, 5.74) is -0.884. The number of benzene rings is 1. The molecule has 2 aromatic rings. The molecule has 0 saturated carbocycles. The van der Waals surface area contributed by atoms with Crippen LogP contribution in [0.5, 0.6) is 5.75 Å². The van der Waals surface area contributed by atoms with Gasteiger partial charge >= 0.3 is 6.18 Å². The van der Waals surface area contributed by atoms with Crippen molar-refractivity contribution in [3.8, 4) is 5.75 Å². The molecule has 1 unspecified atom stereocenters. The zero-order chi connectivity index (χ0) is 23.5. The SMILES string of the molecule is Cc1oc(C(=O)NCC(O)COc2cccc(C(F)(F)F)c2)cc1S(=O)(=O)N1CCCC1. The van der Waals surface area contributed by atoms with Crippen molar-refractivity contribution in [2.45, 2.75) is 36.9 Å². The number of nitrogens with one attached hydrogen (secondary N) is 1. The molecule has 1 aromatic carbocycles. The van der Waals surface area contributed by atoms with Crippen LogP contribution in [0.25, 0.3) is 0 Å². The summed E-state index contributed by atoms with van der Waals surface area (Å²) in [6.45, 7) is 1.61. The third-order valence-electron chi connectivity index (χ3n) is 4.88. The molecule has 32 heavy (non-hydrogen) atoms. The first-order valence-electron chi connectivity index (χ1n) is 9.85. The Morgan fingerprint density at radius 3 is 2.62 bits per heavy atom. The molecule has 12 heteroatoms. The second kappa shape index (κ2) is 9.51. The number of furan rings is 1. The van der Waals surface area contributed by atoms with Crippen LogP contribution in [0.1, 0.15) is 34.7 Å². The third kappa shape index (κ3) is 5.61. The minimum atomic E-state index is -4.52. The summed E-state index contributed by atoms with van der Waals surface area (Å²) in [4.78, 5) is 12.2. The van der Waals surface area contributed by atoms with E-state index in [0.29, 0.717) is 13.1 Å². The summed E-state index contributed by atoms with van der Waals surface area (Å²) < 4.78 is 75.3. The largest absolute Gasteiger partial charge is 0.491 e. The van der Waals surface area contributed by atoms with E-state index < -0.39 is 33.8 Å². The number of halogens is 3. The Kier molecular flexibility index (Phi) is 7.16. The number of aliphatic hydroxyl groups is 1. The molecule has 1 aliphatic heterocycles. The molecule has 8 nitrogen and oxygen atoms in total. The van der Waals surface area contributed by atoms with Gasteiger partial charge in [0.05, 0.1) is 5.56 Å². The highest BCUT2D eigenvalue weighted by Gasteiger charge is 2.32. The number of aliphatic hydroxyl groups excluding tert-OH is 1. The van der Waals surface area contributed by atoms with Gasteiger partial charge in [0.15, 0.2) is 5.76 Å². The van der Waals surface area contributed by atoms with Crippen LogP contribution in [-0.4, -0.2) is 56.1 Å². The molecule has 1 fully saturated rings. The Balaban J connectivity index is 1.55. The number of carbonyl (C=O) groups is 1. The molecule has 0 spiro atoms. The molecule has 176 valence electrons. The molecular formula is C20H23F3N2O6S. The lowest BCUT2D eigenvalue weighted by Crippen LogP contribution is -2.35. The average Bonchev–Trinajstić information content (AvgIpc) is 3.41. The highest BCUT2D eigenvalue weighted by Crippen LogP contribution is 2.31. The van der Waals surface area contributed by atoms with Crippen LogP contribution in [0, 0.1) is 6.92 Å². The van der Waals surface area contributed by atoms with Gasteiger partial charge in [0, 0.05) is 25.7 Å². The number of alkyl halides is 3. The van der Waals surface area contributed by atoms with Crippen LogP contribution in [0.4, 0.5) is 13.2 Å². The number of hydrogen-bond acceptors (Lipinski definition) is 6. The van der Waals surface area contributed by atoms with Gasteiger partial charge < -0.3 is 19.6 Å². The minimum Gasteiger partial charge on any atom is -0.491 e. The van der Waals surface area contributed by atoms with Gasteiger partial charge in [-0.2, -0.15) is 17.5 Å². The first-order chi connectivity index (χ1) is 15.0. The van der Waals surface area contributed by atoms with E-state index in [4.69, 9.17) is 9.15 Å². The minimum absolute atomic E-state index is 0.0791. The standard InChI is InChI=1S/C20H23F3N2O6S/c1-13-18(32(28,29)25-7-2-3-8-25)10-17(31-13)19(27)24-11-15(26)12-30-16-6-4-5-14(9-16)20(21,22)23/h4-6,9-10,15,26H,2-3,7-8,11-12H2,1H3,(H,24,27). The topological polar surface area (TPSA) is 109 Å². The Bertz CT molecular complexity index is 1060.